The zero-order valence-corrected chi connectivity index (χ0v) is 14.2. The molecule has 8 nitrogen and oxygen atoms in total. The molecule has 0 aliphatic carbocycles. The van der Waals surface area contributed by atoms with Gasteiger partial charge in [-0.2, -0.15) is 0 Å². The first kappa shape index (κ1) is 17.7. The highest BCUT2D eigenvalue weighted by Gasteiger charge is 2.43. The molecule has 2 heterocycles. The van der Waals surface area contributed by atoms with Crippen molar-refractivity contribution < 1.29 is 23.0 Å². The van der Waals surface area contributed by atoms with E-state index in [-0.39, 0.29) is 40.9 Å². The molecule has 0 saturated heterocycles. The molecular formula is C18H13F2N3O5. The second-order valence-electron chi connectivity index (χ2n) is 6.07. The van der Waals surface area contributed by atoms with Crippen molar-refractivity contribution in [3.63, 3.8) is 0 Å². The Morgan fingerprint density at radius 3 is 2.57 bits per heavy atom. The normalized spacial score (nSPS) is 14.2. The minimum Gasteiger partial charge on any atom is -0.395 e. The molecule has 2 aromatic carbocycles. The smallest absolute Gasteiger partial charge is 0.395 e. The van der Waals surface area contributed by atoms with Gasteiger partial charge in [-0.3, -0.25) is 19.5 Å². The zero-order chi connectivity index (χ0) is 19.9. The van der Waals surface area contributed by atoms with Crippen LogP contribution >= 0.6 is 0 Å². The summed E-state index contributed by atoms with van der Waals surface area (Å²) in [5.41, 5.74) is -0.634. The highest BCUT2D eigenvalue weighted by Crippen LogP contribution is 2.42. The Kier molecular flexibility index (Phi) is 4.10. The fourth-order valence-corrected chi connectivity index (χ4v) is 2.87. The Hall–Kier alpha value is -3.69. The summed E-state index contributed by atoms with van der Waals surface area (Å²) in [4.78, 5) is 36.6. The summed E-state index contributed by atoms with van der Waals surface area (Å²) in [6.07, 6.45) is -3.87. The molecule has 0 saturated carbocycles. The van der Waals surface area contributed by atoms with E-state index in [0.717, 1.165) is 4.68 Å². The number of aryl methyl sites for hydroxylation is 1. The van der Waals surface area contributed by atoms with Gasteiger partial charge in [0.2, 0.25) is 5.91 Å². The molecule has 1 aliphatic heterocycles. The van der Waals surface area contributed by atoms with E-state index in [1.807, 2.05) is 0 Å². The Morgan fingerprint density at radius 2 is 1.79 bits per heavy atom. The lowest BCUT2D eigenvalue weighted by Gasteiger charge is -2.08. The van der Waals surface area contributed by atoms with Crippen molar-refractivity contribution in [2.24, 2.45) is 0 Å². The van der Waals surface area contributed by atoms with Crippen LogP contribution in [0.3, 0.4) is 0 Å². The monoisotopic (exact) mass is 389 g/mol. The van der Waals surface area contributed by atoms with Crippen LogP contribution in [-0.4, -0.2) is 22.0 Å². The maximum Gasteiger partial charge on any atom is 0.586 e. The highest BCUT2D eigenvalue weighted by atomic mass is 19.3. The standard InChI is InChI=1S/C18H13F2N3O5/c19-18(20)27-13-6-5-10(9-14(13)28-18)21-15(24)7-8-23-17(26)12-4-2-1-3-11(12)16(25)22-23/h1-6,9H,7-8H2,(H,21,24)(H,22,25). The molecule has 2 N–H and O–H groups in total. The molecule has 0 unspecified atom stereocenters. The molecule has 0 radical (unpaired) electrons. The number of aromatic nitrogens is 2. The van der Waals surface area contributed by atoms with Gasteiger partial charge in [-0.15, -0.1) is 8.78 Å². The second kappa shape index (κ2) is 6.48. The van der Waals surface area contributed by atoms with Gasteiger partial charge in [0.05, 0.1) is 17.3 Å². The number of carbonyl (C=O) groups is 1. The lowest BCUT2D eigenvalue weighted by Crippen LogP contribution is -2.31. The lowest BCUT2D eigenvalue weighted by molar-refractivity contribution is -0.286. The molecule has 0 atom stereocenters. The van der Waals surface area contributed by atoms with E-state index in [1.165, 1.54) is 30.3 Å². The number of halogens is 2. The molecule has 4 rings (SSSR count). The summed E-state index contributed by atoms with van der Waals surface area (Å²) in [5.74, 6) is -0.812. The third kappa shape index (κ3) is 3.31. The maximum atomic E-state index is 13.0. The van der Waals surface area contributed by atoms with Crippen molar-refractivity contribution >= 4 is 22.4 Å². The Morgan fingerprint density at radius 1 is 1.07 bits per heavy atom. The zero-order valence-electron chi connectivity index (χ0n) is 14.2. The number of benzene rings is 2. The maximum absolute atomic E-state index is 13.0. The number of H-pyrrole nitrogens is 1. The summed E-state index contributed by atoms with van der Waals surface area (Å²) in [5, 5.41) is 5.47. The predicted octanol–water partition coefficient (Wildman–Crippen LogP) is 2.04. The van der Waals surface area contributed by atoms with Crippen molar-refractivity contribution in [1.29, 1.82) is 0 Å². The number of rotatable bonds is 4. The van der Waals surface area contributed by atoms with E-state index in [2.05, 4.69) is 19.9 Å². The predicted molar refractivity (Wildman–Crippen MR) is 94.7 cm³/mol. The van der Waals surface area contributed by atoms with Crippen LogP contribution in [0, 0.1) is 0 Å². The second-order valence-corrected chi connectivity index (χ2v) is 6.07. The summed E-state index contributed by atoms with van der Waals surface area (Å²) >= 11 is 0. The third-order valence-corrected chi connectivity index (χ3v) is 4.13. The van der Waals surface area contributed by atoms with E-state index in [4.69, 9.17) is 0 Å². The number of fused-ring (bicyclic) bond motifs is 2. The van der Waals surface area contributed by atoms with Gasteiger partial charge in [0.25, 0.3) is 11.1 Å². The minimum absolute atomic E-state index is 0.0621. The van der Waals surface area contributed by atoms with E-state index in [1.54, 1.807) is 12.1 Å². The molecule has 1 amide bonds. The van der Waals surface area contributed by atoms with Crippen molar-refractivity contribution in [2.75, 3.05) is 5.32 Å². The van der Waals surface area contributed by atoms with Crippen molar-refractivity contribution in [3.05, 3.63) is 63.2 Å². The number of hydrogen-bond donors (Lipinski definition) is 2. The van der Waals surface area contributed by atoms with Crippen molar-refractivity contribution in [1.82, 2.24) is 9.78 Å². The van der Waals surface area contributed by atoms with Gasteiger partial charge in [0, 0.05) is 18.2 Å². The van der Waals surface area contributed by atoms with Crippen LogP contribution in [-0.2, 0) is 11.3 Å². The van der Waals surface area contributed by atoms with Crippen LogP contribution in [0.5, 0.6) is 11.5 Å². The molecular weight excluding hydrogens is 376 g/mol. The Balaban J connectivity index is 1.46. The molecule has 28 heavy (non-hydrogen) atoms. The molecule has 1 aliphatic rings. The molecule has 144 valence electrons. The van der Waals surface area contributed by atoms with E-state index >= 15 is 0 Å². The van der Waals surface area contributed by atoms with Gasteiger partial charge in [0.15, 0.2) is 11.5 Å². The van der Waals surface area contributed by atoms with Crippen molar-refractivity contribution in [3.8, 4) is 11.5 Å². The Bertz CT molecular complexity index is 1200. The van der Waals surface area contributed by atoms with Crippen LogP contribution in [0.1, 0.15) is 6.42 Å². The van der Waals surface area contributed by atoms with Gasteiger partial charge in [-0.05, 0) is 24.3 Å². The average Bonchev–Trinajstić information content (AvgIpc) is 2.96. The molecule has 3 aromatic rings. The van der Waals surface area contributed by atoms with E-state index in [0.29, 0.717) is 0 Å². The van der Waals surface area contributed by atoms with Crippen LogP contribution in [0.4, 0.5) is 14.5 Å². The molecule has 0 spiro atoms. The quantitative estimate of drug-likeness (QED) is 0.711. The number of amides is 1. The van der Waals surface area contributed by atoms with Crippen LogP contribution in [0.2, 0.25) is 0 Å². The van der Waals surface area contributed by atoms with Gasteiger partial charge in [-0.1, -0.05) is 12.1 Å². The lowest BCUT2D eigenvalue weighted by atomic mass is 10.2. The number of anilines is 1. The topological polar surface area (TPSA) is 102 Å². The minimum atomic E-state index is -3.74. The average molecular weight is 389 g/mol. The molecule has 10 heteroatoms. The summed E-state index contributed by atoms with van der Waals surface area (Å²) in [6.45, 7) is -0.0621. The van der Waals surface area contributed by atoms with Crippen LogP contribution < -0.4 is 25.9 Å². The molecule has 0 bridgehead atoms. The van der Waals surface area contributed by atoms with Crippen LogP contribution in [0.15, 0.2) is 52.1 Å². The summed E-state index contributed by atoms with van der Waals surface area (Å²) in [7, 11) is 0. The fraction of sp³-hybridized carbons (Fsp3) is 0.167. The number of carbonyl (C=O) groups excluding carboxylic acids is 1. The van der Waals surface area contributed by atoms with E-state index in [9.17, 15) is 23.2 Å². The molecule has 0 fully saturated rings. The van der Waals surface area contributed by atoms with E-state index < -0.39 is 23.3 Å². The van der Waals surface area contributed by atoms with Crippen molar-refractivity contribution in [2.45, 2.75) is 19.3 Å². The largest absolute Gasteiger partial charge is 0.586 e. The number of hydrogen-bond acceptors (Lipinski definition) is 5. The third-order valence-electron chi connectivity index (χ3n) is 4.13. The summed E-state index contributed by atoms with van der Waals surface area (Å²) in [6, 6.07) is 10.2. The van der Waals surface area contributed by atoms with Gasteiger partial charge in [-0.25, -0.2) is 4.68 Å². The summed E-state index contributed by atoms with van der Waals surface area (Å²) < 4.78 is 35.7. The Labute approximate surface area is 155 Å². The fourth-order valence-electron chi connectivity index (χ4n) is 2.87. The van der Waals surface area contributed by atoms with Gasteiger partial charge < -0.3 is 14.8 Å². The van der Waals surface area contributed by atoms with Gasteiger partial charge >= 0.3 is 6.29 Å². The first-order valence-electron chi connectivity index (χ1n) is 8.24. The first-order valence-corrected chi connectivity index (χ1v) is 8.24. The highest BCUT2D eigenvalue weighted by molar-refractivity contribution is 5.91. The number of nitrogens with one attached hydrogen (secondary N) is 2. The number of ether oxygens (including phenoxy) is 2. The SMILES string of the molecule is O=C(CCn1[nH]c(=O)c2ccccc2c1=O)Nc1ccc2c(c1)OC(F)(F)O2. The molecule has 1 aromatic heterocycles. The number of alkyl halides is 2. The van der Waals surface area contributed by atoms with Crippen LogP contribution in [0.25, 0.3) is 10.8 Å². The number of nitrogens with zero attached hydrogens (tertiary/aromatic N) is 1. The van der Waals surface area contributed by atoms with Gasteiger partial charge in [0.1, 0.15) is 0 Å². The first-order chi connectivity index (χ1) is 13.3. The number of aromatic amines is 1.